The maximum absolute atomic E-state index is 12.2. The average molecular weight is 349 g/mol. The number of hydrogen-bond donors (Lipinski definition) is 1. The van der Waals surface area contributed by atoms with Gasteiger partial charge in [-0.15, -0.1) is 10.2 Å². The molecule has 3 aromatic rings. The molecule has 7 nitrogen and oxygen atoms in total. The summed E-state index contributed by atoms with van der Waals surface area (Å²) in [5.74, 6) is 1.57. The van der Waals surface area contributed by atoms with Crippen molar-refractivity contribution in [1.29, 1.82) is 0 Å². The van der Waals surface area contributed by atoms with Gasteiger partial charge in [-0.2, -0.15) is 4.80 Å². The predicted octanol–water partition coefficient (Wildman–Crippen LogP) is 1.71. The third-order valence-electron chi connectivity index (χ3n) is 4.31. The van der Waals surface area contributed by atoms with Gasteiger partial charge in [0.15, 0.2) is 0 Å². The Bertz CT molecular complexity index is 894. The van der Waals surface area contributed by atoms with Crippen LogP contribution in [-0.4, -0.2) is 39.3 Å². The lowest BCUT2D eigenvalue weighted by Crippen LogP contribution is -2.36. The number of carbonyl (C=O) groups excluding carboxylic acids is 1. The van der Waals surface area contributed by atoms with Gasteiger partial charge >= 0.3 is 0 Å². The van der Waals surface area contributed by atoms with Gasteiger partial charge in [0.25, 0.3) is 0 Å². The highest BCUT2D eigenvalue weighted by Gasteiger charge is 2.20. The zero-order chi connectivity index (χ0) is 17.8. The maximum atomic E-state index is 12.2. The summed E-state index contributed by atoms with van der Waals surface area (Å²) in [4.78, 5) is 13.5. The molecule has 1 unspecified atom stereocenters. The van der Waals surface area contributed by atoms with E-state index in [1.165, 1.54) is 10.4 Å². The highest BCUT2D eigenvalue weighted by molar-refractivity contribution is 5.75. The molecular weight excluding hydrogens is 330 g/mol. The van der Waals surface area contributed by atoms with Crippen molar-refractivity contribution >= 4 is 5.91 Å². The molecule has 1 aliphatic rings. The minimum atomic E-state index is -0.138. The number of benzene rings is 2. The molecule has 0 saturated heterocycles. The summed E-state index contributed by atoms with van der Waals surface area (Å²) < 4.78 is 5.75. The molecule has 0 spiro atoms. The fourth-order valence-electron chi connectivity index (χ4n) is 2.98. The third kappa shape index (κ3) is 3.72. The summed E-state index contributed by atoms with van der Waals surface area (Å²) in [6, 6.07) is 17.6. The minimum absolute atomic E-state index is 0.0456. The normalized spacial score (nSPS) is 15.8. The van der Waals surface area contributed by atoms with E-state index in [0.29, 0.717) is 19.0 Å². The largest absolute Gasteiger partial charge is 0.493 e. The Hall–Kier alpha value is -3.22. The van der Waals surface area contributed by atoms with E-state index in [0.717, 1.165) is 17.7 Å². The van der Waals surface area contributed by atoms with E-state index >= 15 is 0 Å². The fourth-order valence-corrected chi connectivity index (χ4v) is 2.98. The number of nitrogens with zero attached hydrogens (tertiary/aromatic N) is 4. The van der Waals surface area contributed by atoms with E-state index < -0.39 is 0 Å². The van der Waals surface area contributed by atoms with Gasteiger partial charge in [-0.25, -0.2) is 0 Å². The van der Waals surface area contributed by atoms with Gasteiger partial charge in [-0.1, -0.05) is 48.5 Å². The maximum Gasteiger partial charge on any atom is 0.243 e. The standard InChI is InChI=1S/C19H19N5O2/c25-18(12-24-22-19(21-23-24)15-6-2-1-3-7-15)20-11-14-10-16-8-4-5-9-17(16)26-13-14/h1-9,14H,10-13H2,(H,20,25). The van der Waals surface area contributed by atoms with E-state index in [9.17, 15) is 4.79 Å². The number of fused-ring (bicyclic) bond motifs is 1. The Kier molecular flexibility index (Phi) is 4.59. The van der Waals surface area contributed by atoms with Crippen molar-refractivity contribution in [3.63, 3.8) is 0 Å². The van der Waals surface area contributed by atoms with Crippen LogP contribution in [0.4, 0.5) is 0 Å². The zero-order valence-corrected chi connectivity index (χ0v) is 14.2. The number of nitrogens with one attached hydrogen (secondary N) is 1. The molecule has 7 heteroatoms. The monoisotopic (exact) mass is 349 g/mol. The van der Waals surface area contributed by atoms with Crippen LogP contribution in [0, 0.1) is 5.92 Å². The molecule has 0 fully saturated rings. The van der Waals surface area contributed by atoms with Gasteiger partial charge in [-0.3, -0.25) is 4.79 Å². The molecule has 1 aliphatic heterocycles. The summed E-state index contributed by atoms with van der Waals surface area (Å²) in [7, 11) is 0. The predicted molar refractivity (Wildman–Crippen MR) is 95.4 cm³/mol. The van der Waals surface area contributed by atoms with Crippen LogP contribution in [0.15, 0.2) is 54.6 Å². The summed E-state index contributed by atoms with van der Waals surface area (Å²) >= 11 is 0. The van der Waals surface area contributed by atoms with Gasteiger partial charge in [0.1, 0.15) is 12.3 Å². The molecular formula is C19H19N5O2. The molecule has 26 heavy (non-hydrogen) atoms. The van der Waals surface area contributed by atoms with Crippen LogP contribution in [0.25, 0.3) is 11.4 Å². The molecule has 2 heterocycles. The zero-order valence-electron chi connectivity index (χ0n) is 14.2. The quantitative estimate of drug-likeness (QED) is 0.758. The first-order valence-corrected chi connectivity index (χ1v) is 8.58. The van der Waals surface area contributed by atoms with Gasteiger partial charge < -0.3 is 10.1 Å². The summed E-state index contributed by atoms with van der Waals surface area (Å²) in [5.41, 5.74) is 2.06. The topological polar surface area (TPSA) is 81.9 Å². The number of carbonyl (C=O) groups is 1. The highest BCUT2D eigenvalue weighted by atomic mass is 16.5. The van der Waals surface area contributed by atoms with Crippen LogP contribution in [0.1, 0.15) is 5.56 Å². The molecule has 0 bridgehead atoms. The SMILES string of the molecule is O=C(Cn1nnc(-c2ccccc2)n1)NCC1COc2ccccc2C1. The lowest BCUT2D eigenvalue weighted by atomic mass is 9.97. The Morgan fingerprint density at radius 1 is 1.15 bits per heavy atom. The summed E-state index contributed by atoms with van der Waals surface area (Å²) in [5, 5.41) is 15.1. The van der Waals surface area contributed by atoms with E-state index in [1.54, 1.807) is 0 Å². The molecule has 1 atom stereocenters. The van der Waals surface area contributed by atoms with E-state index in [-0.39, 0.29) is 18.4 Å². The highest BCUT2D eigenvalue weighted by Crippen LogP contribution is 2.26. The van der Waals surface area contributed by atoms with Crippen molar-refractivity contribution in [1.82, 2.24) is 25.5 Å². The Morgan fingerprint density at radius 2 is 1.96 bits per heavy atom. The van der Waals surface area contributed by atoms with Crippen molar-refractivity contribution < 1.29 is 9.53 Å². The van der Waals surface area contributed by atoms with E-state index in [1.807, 2.05) is 48.5 Å². The van der Waals surface area contributed by atoms with Gasteiger partial charge in [0.2, 0.25) is 11.7 Å². The van der Waals surface area contributed by atoms with Crippen LogP contribution in [0.5, 0.6) is 5.75 Å². The van der Waals surface area contributed by atoms with Crippen molar-refractivity contribution in [2.24, 2.45) is 5.92 Å². The molecule has 1 amide bonds. The molecule has 4 rings (SSSR count). The summed E-state index contributed by atoms with van der Waals surface area (Å²) in [6.45, 7) is 1.22. The molecule has 132 valence electrons. The molecule has 1 N–H and O–H groups in total. The second-order valence-electron chi connectivity index (χ2n) is 6.30. The van der Waals surface area contributed by atoms with Gasteiger partial charge in [-0.05, 0) is 23.3 Å². The first-order chi connectivity index (χ1) is 12.8. The number of para-hydroxylation sites is 1. The van der Waals surface area contributed by atoms with E-state index in [4.69, 9.17) is 4.74 Å². The smallest absolute Gasteiger partial charge is 0.243 e. The van der Waals surface area contributed by atoms with Crippen molar-refractivity contribution in [3.05, 3.63) is 60.2 Å². The molecule has 0 saturated carbocycles. The first kappa shape index (κ1) is 16.3. The molecule has 2 aromatic carbocycles. The number of rotatable bonds is 5. The number of tetrazole rings is 1. The Labute approximate surface area is 151 Å². The van der Waals surface area contributed by atoms with Gasteiger partial charge in [0.05, 0.1) is 6.61 Å². The van der Waals surface area contributed by atoms with Crippen LogP contribution >= 0.6 is 0 Å². The molecule has 0 aliphatic carbocycles. The number of amides is 1. The van der Waals surface area contributed by atoms with Gasteiger partial charge in [0, 0.05) is 18.0 Å². The van der Waals surface area contributed by atoms with E-state index in [2.05, 4.69) is 26.8 Å². The second kappa shape index (κ2) is 7.35. The summed E-state index contributed by atoms with van der Waals surface area (Å²) in [6.07, 6.45) is 0.899. The lowest BCUT2D eigenvalue weighted by molar-refractivity contribution is -0.122. The number of hydrogen-bond acceptors (Lipinski definition) is 5. The molecule has 0 radical (unpaired) electrons. The van der Waals surface area contributed by atoms with Crippen molar-refractivity contribution in [2.45, 2.75) is 13.0 Å². The number of ether oxygens (including phenoxy) is 1. The average Bonchev–Trinajstić information content (AvgIpc) is 3.15. The minimum Gasteiger partial charge on any atom is -0.493 e. The van der Waals surface area contributed by atoms with Crippen LogP contribution < -0.4 is 10.1 Å². The van der Waals surface area contributed by atoms with Crippen LogP contribution in [0.3, 0.4) is 0 Å². The van der Waals surface area contributed by atoms with Crippen LogP contribution in [-0.2, 0) is 17.8 Å². The molecule has 1 aromatic heterocycles. The van der Waals surface area contributed by atoms with Crippen molar-refractivity contribution in [3.8, 4) is 17.1 Å². The van der Waals surface area contributed by atoms with Crippen molar-refractivity contribution in [2.75, 3.05) is 13.2 Å². The fraction of sp³-hybridized carbons (Fsp3) is 0.263. The second-order valence-corrected chi connectivity index (χ2v) is 6.30. The lowest BCUT2D eigenvalue weighted by Gasteiger charge is -2.25. The third-order valence-corrected chi connectivity index (χ3v) is 4.31. The Morgan fingerprint density at radius 3 is 2.85 bits per heavy atom. The first-order valence-electron chi connectivity index (χ1n) is 8.58. The number of aromatic nitrogens is 4. The Balaban J connectivity index is 1.29. The van der Waals surface area contributed by atoms with Crippen LogP contribution in [0.2, 0.25) is 0 Å².